The van der Waals surface area contributed by atoms with Gasteiger partial charge in [0.15, 0.2) is 6.61 Å². The molecule has 0 spiro atoms. The molecule has 6 heteroatoms. The molecule has 0 aliphatic carbocycles. The van der Waals surface area contributed by atoms with E-state index in [9.17, 15) is 4.79 Å². The van der Waals surface area contributed by atoms with Crippen LogP contribution in [0.5, 0.6) is 17.4 Å². The Kier molecular flexibility index (Phi) is 5.47. The molecule has 1 aliphatic rings. The van der Waals surface area contributed by atoms with Gasteiger partial charge in [0.1, 0.15) is 11.5 Å². The summed E-state index contributed by atoms with van der Waals surface area (Å²) in [5.41, 5.74) is 1.12. The number of carbonyl (C=O) groups is 1. The van der Waals surface area contributed by atoms with Crippen LogP contribution in [0.15, 0.2) is 73.2 Å². The van der Waals surface area contributed by atoms with E-state index in [4.69, 9.17) is 9.47 Å². The van der Waals surface area contributed by atoms with Gasteiger partial charge in [0.25, 0.3) is 5.91 Å². The summed E-state index contributed by atoms with van der Waals surface area (Å²) in [6.45, 7) is 0.772. The Balaban J connectivity index is 1.33. The lowest BCUT2D eigenvalue weighted by atomic mass is 10.1. The summed E-state index contributed by atoms with van der Waals surface area (Å²) >= 11 is 0. The zero-order chi connectivity index (χ0) is 19.2. The largest absolute Gasteiger partial charge is 0.484 e. The SMILES string of the molecule is O=C(COc1ccc(Oc2ccccn2)cc1)N1CCCC1c1ccncc1. The molecule has 3 aromatic rings. The lowest BCUT2D eigenvalue weighted by Gasteiger charge is -2.25. The number of benzene rings is 1. The zero-order valence-corrected chi connectivity index (χ0v) is 15.4. The monoisotopic (exact) mass is 375 g/mol. The van der Waals surface area contributed by atoms with Gasteiger partial charge in [-0.1, -0.05) is 6.07 Å². The van der Waals surface area contributed by atoms with Crippen LogP contribution in [0.1, 0.15) is 24.4 Å². The van der Waals surface area contributed by atoms with Crippen LogP contribution < -0.4 is 9.47 Å². The minimum Gasteiger partial charge on any atom is -0.484 e. The van der Waals surface area contributed by atoms with Gasteiger partial charge in [-0.25, -0.2) is 4.98 Å². The lowest BCUT2D eigenvalue weighted by molar-refractivity contribution is -0.134. The number of likely N-dealkylation sites (tertiary alicyclic amines) is 1. The Labute approximate surface area is 163 Å². The van der Waals surface area contributed by atoms with Crippen LogP contribution in [-0.4, -0.2) is 33.9 Å². The average molecular weight is 375 g/mol. The van der Waals surface area contributed by atoms with E-state index in [2.05, 4.69) is 9.97 Å². The predicted molar refractivity (Wildman–Crippen MR) is 104 cm³/mol. The van der Waals surface area contributed by atoms with E-state index in [1.807, 2.05) is 29.2 Å². The van der Waals surface area contributed by atoms with E-state index in [0.717, 1.165) is 24.9 Å². The molecule has 6 nitrogen and oxygen atoms in total. The number of ether oxygens (including phenoxy) is 2. The van der Waals surface area contributed by atoms with Crippen molar-refractivity contribution in [2.24, 2.45) is 0 Å². The molecular formula is C22H21N3O3. The van der Waals surface area contributed by atoms with Crippen LogP contribution in [0.4, 0.5) is 0 Å². The van der Waals surface area contributed by atoms with Crippen molar-refractivity contribution in [1.82, 2.24) is 14.9 Å². The first-order chi connectivity index (χ1) is 13.8. The molecular weight excluding hydrogens is 354 g/mol. The topological polar surface area (TPSA) is 64.6 Å². The second-order valence-electron chi connectivity index (χ2n) is 6.56. The molecule has 1 saturated heterocycles. The fourth-order valence-corrected chi connectivity index (χ4v) is 3.36. The van der Waals surface area contributed by atoms with E-state index in [1.165, 1.54) is 0 Å². The summed E-state index contributed by atoms with van der Waals surface area (Å²) in [6.07, 6.45) is 7.17. The maximum absolute atomic E-state index is 12.7. The van der Waals surface area contributed by atoms with Gasteiger partial charge in [0, 0.05) is 31.2 Å². The van der Waals surface area contributed by atoms with Crippen molar-refractivity contribution in [1.29, 1.82) is 0 Å². The first kappa shape index (κ1) is 18.0. The molecule has 2 aromatic heterocycles. The van der Waals surface area contributed by atoms with Crippen LogP contribution in [0.3, 0.4) is 0 Å². The third-order valence-corrected chi connectivity index (χ3v) is 4.71. The summed E-state index contributed by atoms with van der Waals surface area (Å²) < 4.78 is 11.4. The minimum absolute atomic E-state index is 0.00637. The quantitative estimate of drug-likeness (QED) is 0.651. The minimum atomic E-state index is -0.00637. The van der Waals surface area contributed by atoms with E-state index in [1.54, 1.807) is 48.9 Å². The van der Waals surface area contributed by atoms with E-state index < -0.39 is 0 Å². The van der Waals surface area contributed by atoms with Crippen molar-refractivity contribution in [3.8, 4) is 17.4 Å². The number of nitrogens with zero attached hydrogens (tertiary/aromatic N) is 3. The molecule has 0 N–H and O–H groups in total. The van der Waals surface area contributed by atoms with E-state index >= 15 is 0 Å². The standard InChI is InChI=1S/C22H21N3O3/c26-22(25-15-3-4-20(25)17-10-13-23-14-11-17)16-27-18-6-8-19(9-7-18)28-21-5-1-2-12-24-21/h1-2,5-14,20H,3-4,15-16H2. The normalized spacial score (nSPS) is 16.0. The number of aromatic nitrogens is 2. The maximum Gasteiger partial charge on any atom is 0.261 e. The number of hydrogen-bond acceptors (Lipinski definition) is 5. The van der Waals surface area contributed by atoms with Gasteiger partial charge in [0.2, 0.25) is 5.88 Å². The molecule has 28 heavy (non-hydrogen) atoms. The lowest BCUT2D eigenvalue weighted by Crippen LogP contribution is -2.34. The highest BCUT2D eigenvalue weighted by Gasteiger charge is 2.29. The highest BCUT2D eigenvalue weighted by Crippen LogP contribution is 2.31. The third-order valence-electron chi connectivity index (χ3n) is 4.71. The molecule has 1 aromatic carbocycles. The molecule has 0 saturated carbocycles. The van der Waals surface area contributed by atoms with Gasteiger partial charge in [-0.2, -0.15) is 0 Å². The summed E-state index contributed by atoms with van der Waals surface area (Å²) in [7, 11) is 0. The Morgan fingerprint density at radius 1 is 1.00 bits per heavy atom. The van der Waals surface area contributed by atoms with Gasteiger partial charge in [-0.05, 0) is 60.9 Å². The molecule has 4 rings (SSSR count). The van der Waals surface area contributed by atoms with Gasteiger partial charge in [-0.15, -0.1) is 0 Å². The van der Waals surface area contributed by atoms with Crippen LogP contribution in [0.25, 0.3) is 0 Å². The number of rotatable bonds is 6. The van der Waals surface area contributed by atoms with Gasteiger partial charge in [0.05, 0.1) is 6.04 Å². The van der Waals surface area contributed by atoms with Crippen LogP contribution >= 0.6 is 0 Å². The van der Waals surface area contributed by atoms with Crippen LogP contribution in [0, 0.1) is 0 Å². The summed E-state index contributed by atoms with van der Waals surface area (Å²) in [5.74, 6) is 1.81. The predicted octanol–water partition coefficient (Wildman–Crippen LogP) is 4.01. The van der Waals surface area contributed by atoms with Crippen LogP contribution in [-0.2, 0) is 4.79 Å². The molecule has 1 unspecified atom stereocenters. The molecule has 1 amide bonds. The number of amides is 1. The summed E-state index contributed by atoms with van der Waals surface area (Å²) in [4.78, 5) is 22.7. The highest BCUT2D eigenvalue weighted by molar-refractivity contribution is 5.78. The van der Waals surface area contributed by atoms with Crippen molar-refractivity contribution in [3.63, 3.8) is 0 Å². The number of pyridine rings is 2. The molecule has 1 fully saturated rings. The van der Waals surface area contributed by atoms with Crippen molar-refractivity contribution in [3.05, 3.63) is 78.8 Å². The summed E-state index contributed by atoms with van der Waals surface area (Å²) in [5, 5.41) is 0. The zero-order valence-electron chi connectivity index (χ0n) is 15.4. The maximum atomic E-state index is 12.7. The van der Waals surface area contributed by atoms with E-state index in [0.29, 0.717) is 17.4 Å². The molecule has 0 radical (unpaired) electrons. The van der Waals surface area contributed by atoms with Crippen molar-refractivity contribution in [2.45, 2.75) is 18.9 Å². The second kappa shape index (κ2) is 8.52. The molecule has 3 heterocycles. The number of carbonyl (C=O) groups excluding carboxylic acids is 1. The summed E-state index contributed by atoms with van der Waals surface area (Å²) in [6, 6.07) is 16.7. The molecule has 1 aliphatic heterocycles. The Morgan fingerprint density at radius 2 is 1.79 bits per heavy atom. The van der Waals surface area contributed by atoms with E-state index in [-0.39, 0.29) is 18.6 Å². The highest BCUT2D eigenvalue weighted by atomic mass is 16.5. The average Bonchev–Trinajstić information content (AvgIpc) is 3.24. The Bertz CT molecular complexity index is 901. The second-order valence-corrected chi connectivity index (χ2v) is 6.56. The van der Waals surface area contributed by atoms with Gasteiger partial charge < -0.3 is 14.4 Å². The molecule has 0 bridgehead atoms. The molecule has 1 atom stereocenters. The Morgan fingerprint density at radius 3 is 2.54 bits per heavy atom. The number of hydrogen-bond donors (Lipinski definition) is 0. The molecule has 142 valence electrons. The first-order valence-electron chi connectivity index (χ1n) is 9.31. The smallest absolute Gasteiger partial charge is 0.261 e. The fourth-order valence-electron chi connectivity index (χ4n) is 3.36. The van der Waals surface area contributed by atoms with Gasteiger partial charge in [-0.3, -0.25) is 9.78 Å². The van der Waals surface area contributed by atoms with Gasteiger partial charge >= 0.3 is 0 Å². The Hall–Kier alpha value is -3.41. The van der Waals surface area contributed by atoms with Crippen molar-refractivity contribution >= 4 is 5.91 Å². The van der Waals surface area contributed by atoms with Crippen molar-refractivity contribution < 1.29 is 14.3 Å². The first-order valence-corrected chi connectivity index (χ1v) is 9.31. The van der Waals surface area contributed by atoms with Crippen molar-refractivity contribution in [2.75, 3.05) is 13.2 Å². The third kappa shape index (κ3) is 4.28. The van der Waals surface area contributed by atoms with Crippen LogP contribution in [0.2, 0.25) is 0 Å². The fraction of sp³-hybridized carbons (Fsp3) is 0.227.